The molecule has 3 aliphatic rings. The molecule has 24 nitrogen and oxygen atoms in total. The van der Waals surface area contributed by atoms with Crippen molar-refractivity contribution in [2.45, 2.75) is 156 Å². The molecule has 3 atom stereocenters. The van der Waals surface area contributed by atoms with Gasteiger partial charge in [-0.05, 0) is 143 Å². The average Bonchev–Trinajstić information content (AvgIpc) is 1.51. The van der Waals surface area contributed by atoms with Crippen LogP contribution in [0.5, 0.6) is 0 Å². The predicted molar refractivity (Wildman–Crippen MR) is 382 cm³/mol. The Balaban J connectivity index is 0.000000160. The number of anilines is 3. The van der Waals surface area contributed by atoms with E-state index in [2.05, 4.69) is 40.7 Å². The lowest BCUT2D eigenvalue weighted by Gasteiger charge is -2.35. The molecule has 9 heterocycles. The van der Waals surface area contributed by atoms with Crippen LogP contribution in [0, 0.1) is 34.0 Å². The number of nitrogens with two attached hydrogens (primary N) is 1. The Labute approximate surface area is 579 Å². The summed E-state index contributed by atoms with van der Waals surface area (Å²) in [6, 6.07) is 28.1. The number of alkyl carbamates (subject to hydrolysis) is 2. The van der Waals surface area contributed by atoms with Gasteiger partial charge in [0.2, 0.25) is 17.8 Å². The third-order valence-electron chi connectivity index (χ3n) is 16.9. The highest BCUT2D eigenvalue weighted by Gasteiger charge is 2.32. The van der Waals surface area contributed by atoms with Gasteiger partial charge in [-0.2, -0.15) is 15.8 Å². The molecule has 2 amide bonds. The lowest BCUT2D eigenvalue weighted by Crippen LogP contribution is -2.50. The third kappa shape index (κ3) is 16.7. The average molecular weight is 1380 g/mol. The van der Waals surface area contributed by atoms with Crippen LogP contribution in [0.15, 0.2) is 103 Å². The first-order valence-corrected chi connectivity index (χ1v) is 35.3. The maximum atomic E-state index is 13.7. The normalized spacial score (nSPS) is 16.4. The Morgan fingerprint density at radius 1 is 0.531 bits per heavy atom. The second kappa shape index (κ2) is 31.3. The van der Waals surface area contributed by atoms with Crippen molar-refractivity contribution in [2.75, 3.05) is 54.0 Å². The summed E-state index contributed by atoms with van der Waals surface area (Å²) < 4.78 is 17.3. The van der Waals surface area contributed by atoms with Gasteiger partial charge < -0.3 is 50.8 Å². The number of nitrogens with zero attached hydrogens (tertiary/aromatic N) is 12. The zero-order chi connectivity index (χ0) is 70.0. The summed E-state index contributed by atoms with van der Waals surface area (Å²) in [5, 5.41) is 59.4. The SMILES string of the molecule is CC(C)(C)OC(=O)N[C@@H]1CCCN(c2nc3c(CO)csc3c(=O)n2Cc2ccccc2C#N)C1.CCc1csc2c(=O)n(Cc3ccccc3C#N)c(N3CCCC(NC(=O)OC(C)(C)C)C3)nc12.N#Cc1ccccc1Cn1c(N2CCC[C@@H](N)C2)nc2c(CO)csc2c1=O. The standard InChI is InChI=1S/C26H31N5O3S.C25H29N5O4S.C20H21N5O2S/c1-5-17-16-35-22-21(17)29-24(31(23(22)32)14-19-10-7-6-9-18(19)13-27)30-12-8-11-20(15-30)28-25(33)34-26(2,3)4;1-25(2,3)34-24(33)27-19-9-6-10-29(13-19)23-28-20-18(14-31)15-35-21(20)22(32)30(23)12-17-8-5-4-7-16(17)11-26;21-8-13-4-1-2-5-14(13)9-25-19(27)18-17(15(11-26)12-28-18)23-20(25)24-7-3-6-16(22)10-24/h6-7,9-10,16,20H,5,8,11-12,14-15H2,1-4H3,(H,28,33);4-5,7-8,15,19,31H,6,9-10,12-14H2,1-3H3,(H,27,33);1-2,4-5,12,16,26H,3,6-7,9-11,22H2/t;19-;16-/m.11/s1. The zero-order valence-electron chi connectivity index (χ0n) is 56.0. The minimum atomic E-state index is -0.598. The number of hydrogen-bond acceptors (Lipinski definition) is 22. The van der Waals surface area contributed by atoms with E-state index in [0.29, 0.717) is 97.0 Å². The van der Waals surface area contributed by atoms with Crippen molar-refractivity contribution in [1.82, 2.24) is 39.3 Å². The van der Waals surface area contributed by atoms with Crippen LogP contribution >= 0.6 is 34.0 Å². The van der Waals surface area contributed by atoms with Crippen molar-refractivity contribution < 1.29 is 29.3 Å². The molecule has 27 heteroatoms. The van der Waals surface area contributed by atoms with E-state index in [1.54, 1.807) is 48.7 Å². The fraction of sp³-hybridized carbons (Fsp3) is 0.423. The van der Waals surface area contributed by atoms with Crippen LogP contribution in [0.25, 0.3) is 30.6 Å². The Kier molecular flexibility index (Phi) is 22.8. The number of thiophene rings is 3. The minimum absolute atomic E-state index is 0.0287. The van der Waals surface area contributed by atoms with Gasteiger partial charge in [0.25, 0.3) is 16.7 Å². The Morgan fingerprint density at radius 3 is 1.18 bits per heavy atom. The number of fused-ring (bicyclic) bond motifs is 3. The molecule has 3 fully saturated rings. The van der Waals surface area contributed by atoms with E-state index < -0.39 is 23.4 Å². The van der Waals surface area contributed by atoms with Gasteiger partial charge in [-0.1, -0.05) is 61.5 Å². The van der Waals surface area contributed by atoms with Gasteiger partial charge in [0.15, 0.2) is 0 Å². The van der Waals surface area contributed by atoms with Crippen LogP contribution in [0.3, 0.4) is 0 Å². The number of piperidine rings is 3. The molecular weight excluding hydrogens is 1300 g/mol. The number of aliphatic hydroxyl groups is 2. The molecule has 6 N–H and O–H groups in total. The van der Waals surface area contributed by atoms with Crippen molar-refractivity contribution in [1.29, 1.82) is 15.8 Å². The zero-order valence-corrected chi connectivity index (χ0v) is 58.5. The van der Waals surface area contributed by atoms with Gasteiger partial charge in [0, 0.05) is 68.5 Å². The number of ether oxygens (including phenoxy) is 2. The highest BCUT2D eigenvalue weighted by molar-refractivity contribution is 7.17. The van der Waals surface area contributed by atoms with Gasteiger partial charge in [0.1, 0.15) is 25.3 Å². The molecule has 3 aliphatic heterocycles. The smallest absolute Gasteiger partial charge is 0.407 e. The molecule has 0 saturated carbocycles. The predicted octanol–water partition coefficient (Wildman–Crippen LogP) is 9.60. The van der Waals surface area contributed by atoms with Crippen molar-refractivity contribution in [3.63, 3.8) is 0 Å². The van der Waals surface area contributed by atoms with Crippen LogP contribution in [-0.4, -0.2) is 120 Å². The van der Waals surface area contributed by atoms with E-state index in [0.717, 1.165) is 85.8 Å². The number of carbonyl (C=O) groups excluding carboxylic acids is 2. The second-order valence-electron chi connectivity index (χ2n) is 26.4. The van der Waals surface area contributed by atoms with E-state index >= 15 is 0 Å². The van der Waals surface area contributed by atoms with Crippen LogP contribution in [0.4, 0.5) is 27.4 Å². The van der Waals surface area contributed by atoms with Gasteiger partial charge in [-0.3, -0.25) is 28.1 Å². The number of aromatic nitrogens is 6. The quantitative estimate of drug-likeness (QED) is 0.0676. The molecule has 512 valence electrons. The molecule has 0 bridgehead atoms. The summed E-state index contributed by atoms with van der Waals surface area (Å²) in [6.07, 6.45) is 4.97. The topological polar surface area (TPSA) is 329 Å². The molecule has 0 aliphatic carbocycles. The fourth-order valence-corrected chi connectivity index (χ4v) is 15.2. The monoisotopic (exact) mass is 1380 g/mol. The van der Waals surface area contributed by atoms with Crippen molar-refractivity contribution >= 4 is 94.7 Å². The minimum Gasteiger partial charge on any atom is -0.444 e. The lowest BCUT2D eigenvalue weighted by atomic mass is 10.1. The second-order valence-corrected chi connectivity index (χ2v) is 29.1. The summed E-state index contributed by atoms with van der Waals surface area (Å²) in [6.45, 7) is 17.1. The maximum Gasteiger partial charge on any atom is 0.407 e. The molecule has 6 aromatic heterocycles. The summed E-state index contributed by atoms with van der Waals surface area (Å²) in [5.41, 5.74) is 12.4. The first-order chi connectivity index (χ1) is 47.0. The van der Waals surface area contributed by atoms with E-state index in [-0.39, 0.29) is 67.7 Å². The van der Waals surface area contributed by atoms with Crippen LogP contribution in [-0.2, 0) is 48.7 Å². The highest BCUT2D eigenvalue weighted by atomic mass is 32.1. The molecule has 1 unspecified atom stereocenters. The van der Waals surface area contributed by atoms with Crippen molar-refractivity contribution in [3.8, 4) is 18.2 Å². The molecule has 9 aromatic rings. The Bertz CT molecular complexity index is 4510. The Morgan fingerprint density at radius 2 is 0.857 bits per heavy atom. The highest BCUT2D eigenvalue weighted by Crippen LogP contribution is 2.31. The number of nitriles is 3. The van der Waals surface area contributed by atoms with E-state index in [9.17, 15) is 50.0 Å². The number of aliphatic hydroxyl groups excluding tert-OH is 2. The Hall–Kier alpha value is -9.53. The summed E-state index contributed by atoms with van der Waals surface area (Å²) >= 11 is 3.96. The first kappa shape index (κ1) is 71.2. The fourth-order valence-electron chi connectivity index (χ4n) is 12.2. The number of hydrogen-bond donors (Lipinski definition) is 5. The first-order valence-electron chi connectivity index (χ1n) is 32.7. The number of nitrogens with one attached hydrogen (secondary N) is 2. The summed E-state index contributed by atoms with van der Waals surface area (Å²) in [7, 11) is 0. The lowest BCUT2D eigenvalue weighted by molar-refractivity contribution is 0.0488. The summed E-state index contributed by atoms with van der Waals surface area (Å²) in [4.78, 5) is 86.0. The van der Waals surface area contributed by atoms with Crippen molar-refractivity contribution in [3.05, 3.63) is 170 Å². The molecule has 98 heavy (non-hydrogen) atoms. The van der Waals surface area contributed by atoms with Gasteiger partial charge >= 0.3 is 12.2 Å². The molecule has 3 aromatic carbocycles. The number of aryl methyl sites for hydroxylation is 1. The maximum absolute atomic E-state index is 13.7. The van der Waals surface area contributed by atoms with E-state index in [4.69, 9.17) is 30.2 Å². The van der Waals surface area contributed by atoms with Gasteiger partial charge in [-0.15, -0.1) is 34.0 Å². The van der Waals surface area contributed by atoms with Gasteiger partial charge in [-0.25, -0.2) is 24.5 Å². The number of rotatable bonds is 14. The van der Waals surface area contributed by atoms with Crippen LogP contribution < -0.4 is 47.7 Å². The van der Waals surface area contributed by atoms with Crippen LogP contribution in [0.2, 0.25) is 0 Å². The molecule has 0 radical (unpaired) electrons. The van der Waals surface area contributed by atoms with E-state index in [1.165, 1.54) is 34.0 Å². The number of benzene rings is 3. The number of carbonyl (C=O) groups is 2. The van der Waals surface area contributed by atoms with Crippen molar-refractivity contribution in [2.24, 2.45) is 5.73 Å². The molecular formula is C71H81N15O9S3. The molecule has 12 rings (SSSR count). The van der Waals surface area contributed by atoms with Gasteiger partial charge in [0.05, 0.1) is 84.3 Å². The third-order valence-corrected chi connectivity index (χ3v) is 19.9. The number of amides is 2. The van der Waals surface area contributed by atoms with E-state index in [1.807, 2.05) is 105 Å². The summed E-state index contributed by atoms with van der Waals surface area (Å²) in [5.74, 6) is 1.58. The van der Waals surface area contributed by atoms with Crippen LogP contribution in [0.1, 0.15) is 137 Å². The molecule has 0 spiro atoms. The molecule has 3 saturated heterocycles. The largest absolute Gasteiger partial charge is 0.444 e.